The lowest BCUT2D eigenvalue weighted by molar-refractivity contribution is 0.203. The molecule has 1 aromatic carbocycles. The Morgan fingerprint density at radius 1 is 1.37 bits per heavy atom. The molecule has 1 heterocycles. The van der Waals surface area contributed by atoms with Crippen molar-refractivity contribution in [3.8, 4) is 0 Å². The third-order valence-corrected chi connectivity index (χ3v) is 4.36. The molecule has 1 aliphatic carbocycles. The molecule has 4 heteroatoms. The van der Waals surface area contributed by atoms with E-state index in [0.29, 0.717) is 5.38 Å². The van der Waals surface area contributed by atoms with Crippen molar-refractivity contribution in [2.75, 3.05) is 13.6 Å². The second-order valence-corrected chi connectivity index (χ2v) is 6.34. The molecule has 1 aliphatic rings. The van der Waals surface area contributed by atoms with Crippen LogP contribution in [0.3, 0.4) is 0 Å². The predicted octanol–water partition coefficient (Wildman–Crippen LogP) is 3.02. The second-order valence-electron chi connectivity index (χ2n) is 5.72. The van der Waals surface area contributed by atoms with E-state index in [9.17, 15) is 0 Å². The van der Waals surface area contributed by atoms with Crippen LogP contribution in [-0.4, -0.2) is 33.6 Å². The first-order chi connectivity index (χ1) is 9.13. The van der Waals surface area contributed by atoms with E-state index in [0.717, 1.165) is 31.8 Å². The topological polar surface area (TPSA) is 21.1 Å². The van der Waals surface area contributed by atoms with Crippen molar-refractivity contribution < 1.29 is 0 Å². The monoisotopic (exact) mass is 277 g/mol. The number of aryl methyl sites for hydroxylation is 1. The van der Waals surface area contributed by atoms with E-state index in [2.05, 4.69) is 41.3 Å². The molecule has 0 atom stereocenters. The molecule has 0 saturated heterocycles. The van der Waals surface area contributed by atoms with E-state index >= 15 is 0 Å². The summed E-state index contributed by atoms with van der Waals surface area (Å²) in [7, 11) is 4.18. The van der Waals surface area contributed by atoms with Crippen LogP contribution in [0.5, 0.6) is 0 Å². The second kappa shape index (κ2) is 5.14. The maximum absolute atomic E-state index is 6.03. The molecule has 0 spiro atoms. The van der Waals surface area contributed by atoms with Gasteiger partial charge >= 0.3 is 0 Å². The van der Waals surface area contributed by atoms with Gasteiger partial charge in [0.2, 0.25) is 0 Å². The van der Waals surface area contributed by atoms with E-state index in [4.69, 9.17) is 11.6 Å². The largest absolute Gasteiger partial charge is 0.300 e. The minimum Gasteiger partial charge on any atom is -0.300 e. The predicted molar refractivity (Wildman–Crippen MR) is 79.4 cm³/mol. The molecule has 1 aromatic heterocycles. The smallest absolute Gasteiger partial charge is 0.0843 e. The van der Waals surface area contributed by atoms with Gasteiger partial charge in [-0.05, 0) is 31.9 Å². The van der Waals surface area contributed by atoms with E-state index in [1.807, 2.05) is 11.7 Å². The fraction of sp³-hybridized carbons (Fsp3) is 0.533. The first-order valence-corrected chi connectivity index (χ1v) is 7.30. The van der Waals surface area contributed by atoms with Crippen molar-refractivity contribution in [3.05, 3.63) is 30.0 Å². The van der Waals surface area contributed by atoms with Gasteiger partial charge in [-0.3, -0.25) is 4.68 Å². The van der Waals surface area contributed by atoms with Gasteiger partial charge in [0.15, 0.2) is 0 Å². The maximum atomic E-state index is 6.03. The zero-order valence-electron chi connectivity index (χ0n) is 11.5. The fourth-order valence-corrected chi connectivity index (χ4v) is 3.47. The summed E-state index contributed by atoms with van der Waals surface area (Å²) in [5.41, 5.74) is 2.37. The molecule has 1 saturated carbocycles. The molecule has 0 aliphatic heterocycles. The Hall–Kier alpha value is -1.06. The Bertz CT molecular complexity index is 572. The van der Waals surface area contributed by atoms with Crippen LogP contribution in [0.25, 0.3) is 10.9 Å². The van der Waals surface area contributed by atoms with Crippen molar-refractivity contribution >= 4 is 22.5 Å². The number of halogens is 1. The molecular formula is C15H20ClN3. The van der Waals surface area contributed by atoms with Gasteiger partial charge in [0.25, 0.3) is 0 Å². The van der Waals surface area contributed by atoms with Gasteiger partial charge in [-0.1, -0.05) is 18.2 Å². The first-order valence-electron chi connectivity index (χ1n) is 6.86. The third kappa shape index (κ3) is 2.63. The number of hydrogen-bond acceptors (Lipinski definition) is 2. The molecule has 102 valence electrons. The Morgan fingerprint density at radius 3 is 2.84 bits per heavy atom. The minimum atomic E-state index is 0.411. The van der Waals surface area contributed by atoms with Gasteiger partial charge in [0, 0.05) is 30.9 Å². The van der Waals surface area contributed by atoms with E-state index < -0.39 is 0 Å². The zero-order chi connectivity index (χ0) is 13.4. The van der Waals surface area contributed by atoms with Gasteiger partial charge in [-0.15, -0.1) is 11.6 Å². The molecule has 1 fully saturated rings. The Morgan fingerprint density at radius 2 is 2.11 bits per heavy atom. The van der Waals surface area contributed by atoms with Gasteiger partial charge in [-0.25, -0.2) is 0 Å². The lowest BCUT2D eigenvalue weighted by atomic mass is 9.84. The number of para-hydroxylation sites is 1. The highest BCUT2D eigenvalue weighted by Gasteiger charge is 2.28. The zero-order valence-corrected chi connectivity index (χ0v) is 12.3. The average Bonchev–Trinajstić information content (AvgIpc) is 2.65. The molecular weight excluding hydrogens is 258 g/mol. The van der Waals surface area contributed by atoms with E-state index in [1.165, 1.54) is 16.6 Å². The van der Waals surface area contributed by atoms with Crippen LogP contribution < -0.4 is 0 Å². The highest BCUT2D eigenvalue weighted by atomic mass is 35.5. The Balaban J connectivity index is 1.70. The summed E-state index contributed by atoms with van der Waals surface area (Å²) in [4.78, 5) is 2.36. The van der Waals surface area contributed by atoms with Gasteiger partial charge in [-0.2, -0.15) is 5.10 Å². The van der Waals surface area contributed by atoms with E-state index in [1.54, 1.807) is 0 Å². The van der Waals surface area contributed by atoms with Crippen LogP contribution in [-0.2, 0) is 13.6 Å². The molecule has 0 radical (unpaired) electrons. The standard InChI is InChI=1S/C15H20ClN3/c1-18(9-11-7-12(16)8-11)10-14-13-5-3-4-6-15(13)19(2)17-14/h3-6,11-12H,7-10H2,1-2H3. The van der Waals surface area contributed by atoms with Gasteiger partial charge in [0.1, 0.15) is 0 Å². The summed E-state index contributed by atoms with van der Waals surface area (Å²) in [5.74, 6) is 0.766. The van der Waals surface area contributed by atoms with Crippen LogP contribution in [0.4, 0.5) is 0 Å². The average molecular weight is 278 g/mol. The molecule has 19 heavy (non-hydrogen) atoms. The van der Waals surface area contributed by atoms with Crippen LogP contribution >= 0.6 is 11.6 Å². The normalized spacial score (nSPS) is 22.9. The summed E-state index contributed by atoms with van der Waals surface area (Å²) in [6.45, 7) is 2.03. The summed E-state index contributed by atoms with van der Waals surface area (Å²) >= 11 is 6.03. The molecule has 3 nitrogen and oxygen atoms in total. The number of fused-ring (bicyclic) bond motifs is 1. The van der Waals surface area contributed by atoms with Crippen molar-refractivity contribution in [2.24, 2.45) is 13.0 Å². The van der Waals surface area contributed by atoms with Crippen LogP contribution in [0.15, 0.2) is 24.3 Å². The maximum Gasteiger partial charge on any atom is 0.0843 e. The Labute approximate surface area is 119 Å². The van der Waals surface area contributed by atoms with Crippen molar-refractivity contribution in [2.45, 2.75) is 24.8 Å². The highest BCUT2D eigenvalue weighted by molar-refractivity contribution is 6.21. The Kier molecular flexibility index (Phi) is 3.50. The molecule has 0 N–H and O–H groups in total. The number of rotatable bonds is 4. The quantitative estimate of drug-likeness (QED) is 0.801. The number of benzene rings is 1. The third-order valence-electron chi connectivity index (χ3n) is 4.00. The number of aromatic nitrogens is 2. The van der Waals surface area contributed by atoms with E-state index in [-0.39, 0.29) is 0 Å². The fourth-order valence-electron chi connectivity index (χ4n) is 2.97. The summed E-state index contributed by atoms with van der Waals surface area (Å²) < 4.78 is 1.97. The van der Waals surface area contributed by atoms with Crippen molar-refractivity contribution in [1.29, 1.82) is 0 Å². The van der Waals surface area contributed by atoms with Crippen LogP contribution in [0, 0.1) is 5.92 Å². The van der Waals surface area contributed by atoms with Gasteiger partial charge < -0.3 is 4.90 Å². The SMILES string of the molecule is CN(Cc1nn(C)c2ccccc12)CC1CC(Cl)C1. The lowest BCUT2D eigenvalue weighted by Crippen LogP contribution is -2.34. The number of hydrogen-bond donors (Lipinski definition) is 0. The summed E-state index contributed by atoms with van der Waals surface area (Å²) in [6.07, 6.45) is 2.32. The minimum absolute atomic E-state index is 0.411. The molecule has 2 aromatic rings. The molecule has 0 unspecified atom stereocenters. The van der Waals surface area contributed by atoms with Crippen molar-refractivity contribution in [1.82, 2.24) is 14.7 Å². The number of alkyl halides is 1. The highest BCUT2D eigenvalue weighted by Crippen LogP contribution is 2.32. The van der Waals surface area contributed by atoms with Gasteiger partial charge in [0.05, 0.1) is 11.2 Å². The van der Waals surface area contributed by atoms with Crippen molar-refractivity contribution in [3.63, 3.8) is 0 Å². The molecule has 0 bridgehead atoms. The number of nitrogens with zero attached hydrogens (tertiary/aromatic N) is 3. The molecule has 0 amide bonds. The summed E-state index contributed by atoms with van der Waals surface area (Å²) in [5, 5.41) is 6.32. The molecule has 3 rings (SSSR count). The first kappa shape index (κ1) is 12.9. The van der Waals surface area contributed by atoms with Crippen LogP contribution in [0.1, 0.15) is 18.5 Å². The van der Waals surface area contributed by atoms with Crippen LogP contribution in [0.2, 0.25) is 0 Å². The lowest BCUT2D eigenvalue weighted by Gasteiger charge is -2.33. The summed E-state index contributed by atoms with van der Waals surface area (Å²) in [6, 6.07) is 8.42.